The minimum atomic E-state index is -0.706. The molecule has 100 valence electrons. The van der Waals surface area contributed by atoms with Crippen LogP contribution in [-0.4, -0.2) is 17.1 Å². The maximum Gasteiger partial charge on any atom is 0.308 e. The summed E-state index contributed by atoms with van der Waals surface area (Å²) in [6.07, 6.45) is 3.75. The normalized spacial score (nSPS) is 22.7. The Morgan fingerprint density at radius 2 is 2.21 bits per heavy atom. The van der Waals surface area contributed by atoms with E-state index in [1.807, 2.05) is 18.2 Å². The van der Waals surface area contributed by atoms with E-state index >= 15 is 0 Å². The highest BCUT2D eigenvalue weighted by molar-refractivity contribution is 5.71. The van der Waals surface area contributed by atoms with Crippen LogP contribution >= 0.6 is 0 Å². The lowest BCUT2D eigenvalue weighted by molar-refractivity contribution is -0.143. The molecule has 4 nitrogen and oxygen atoms in total. The van der Waals surface area contributed by atoms with Gasteiger partial charge >= 0.3 is 5.97 Å². The van der Waals surface area contributed by atoms with Gasteiger partial charge in [-0.25, -0.2) is 0 Å². The summed E-state index contributed by atoms with van der Waals surface area (Å²) >= 11 is 0. The number of rotatable bonds is 4. The molecule has 0 unspecified atom stereocenters. The Bertz CT molecular complexity index is 493. The van der Waals surface area contributed by atoms with Crippen LogP contribution in [0.2, 0.25) is 0 Å². The van der Waals surface area contributed by atoms with Crippen molar-refractivity contribution in [1.29, 1.82) is 5.26 Å². The number of aliphatic carboxylic acids is 1. The Labute approximate surface area is 113 Å². The summed E-state index contributed by atoms with van der Waals surface area (Å²) in [5.41, 5.74) is 1.66. The van der Waals surface area contributed by atoms with Crippen molar-refractivity contribution in [2.75, 3.05) is 0 Å². The number of hydrogen-bond donors (Lipinski definition) is 2. The van der Waals surface area contributed by atoms with Crippen molar-refractivity contribution >= 4 is 5.97 Å². The number of carbonyl (C=O) groups is 1. The molecule has 1 aromatic carbocycles. The number of nitrogens with zero attached hydrogens (tertiary/aromatic N) is 1. The van der Waals surface area contributed by atoms with Crippen LogP contribution < -0.4 is 5.32 Å². The van der Waals surface area contributed by atoms with Crippen molar-refractivity contribution < 1.29 is 9.90 Å². The number of hydrogen-bond acceptors (Lipinski definition) is 3. The van der Waals surface area contributed by atoms with Gasteiger partial charge in [-0.15, -0.1) is 0 Å². The van der Waals surface area contributed by atoms with Crippen molar-refractivity contribution in [3.8, 4) is 6.07 Å². The van der Waals surface area contributed by atoms with E-state index in [-0.39, 0.29) is 12.0 Å². The molecule has 0 bridgehead atoms. The van der Waals surface area contributed by atoms with E-state index in [0.717, 1.165) is 31.2 Å². The van der Waals surface area contributed by atoms with Crippen molar-refractivity contribution in [2.24, 2.45) is 5.92 Å². The number of nitrogens with one attached hydrogen (secondary N) is 1. The van der Waals surface area contributed by atoms with Crippen molar-refractivity contribution in [1.82, 2.24) is 5.32 Å². The highest BCUT2D eigenvalue weighted by atomic mass is 16.4. The first-order valence-corrected chi connectivity index (χ1v) is 6.66. The second-order valence-electron chi connectivity index (χ2n) is 5.03. The summed E-state index contributed by atoms with van der Waals surface area (Å²) in [5.74, 6) is -0.990. The maximum absolute atomic E-state index is 11.2. The van der Waals surface area contributed by atoms with Crippen molar-refractivity contribution in [2.45, 2.75) is 38.3 Å². The molecule has 1 fully saturated rings. The number of nitriles is 1. The fraction of sp³-hybridized carbons (Fsp3) is 0.467. The van der Waals surface area contributed by atoms with Crippen molar-refractivity contribution in [3.05, 3.63) is 35.4 Å². The second-order valence-corrected chi connectivity index (χ2v) is 5.03. The largest absolute Gasteiger partial charge is 0.481 e. The van der Waals surface area contributed by atoms with Gasteiger partial charge < -0.3 is 10.4 Å². The zero-order valence-electron chi connectivity index (χ0n) is 10.8. The number of benzene rings is 1. The first-order chi connectivity index (χ1) is 9.20. The Morgan fingerprint density at radius 1 is 1.42 bits per heavy atom. The molecular weight excluding hydrogens is 240 g/mol. The van der Waals surface area contributed by atoms with Gasteiger partial charge in [-0.1, -0.05) is 25.0 Å². The molecule has 0 heterocycles. The molecule has 1 aliphatic carbocycles. The van der Waals surface area contributed by atoms with Gasteiger partial charge in [-0.3, -0.25) is 4.79 Å². The monoisotopic (exact) mass is 258 g/mol. The number of carboxylic acid groups (broad SMARTS) is 1. The molecule has 4 heteroatoms. The molecule has 1 saturated carbocycles. The van der Waals surface area contributed by atoms with Crippen LogP contribution in [-0.2, 0) is 11.3 Å². The molecule has 0 aliphatic heterocycles. The molecule has 2 N–H and O–H groups in total. The van der Waals surface area contributed by atoms with E-state index in [1.54, 1.807) is 6.07 Å². The zero-order chi connectivity index (χ0) is 13.7. The fourth-order valence-electron chi connectivity index (χ4n) is 2.67. The average molecular weight is 258 g/mol. The molecule has 0 aromatic heterocycles. The molecule has 1 aliphatic rings. The summed E-state index contributed by atoms with van der Waals surface area (Å²) in [4.78, 5) is 11.2. The van der Waals surface area contributed by atoms with Crippen LogP contribution in [0.3, 0.4) is 0 Å². The van der Waals surface area contributed by atoms with Gasteiger partial charge in [0.15, 0.2) is 0 Å². The van der Waals surface area contributed by atoms with E-state index < -0.39 is 5.97 Å². The maximum atomic E-state index is 11.2. The van der Waals surface area contributed by atoms with E-state index in [4.69, 9.17) is 5.26 Å². The Kier molecular flexibility index (Phi) is 4.53. The SMILES string of the molecule is N#Cc1cccc(CN[C@H]2CCCC[C@@H]2C(=O)O)c1. The molecule has 2 atom stereocenters. The topological polar surface area (TPSA) is 73.1 Å². The Balaban J connectivity index is 1.96. The smallest absolute Gasteiger partial charge is 0.308 e. The molecule has 0 saturated heterocycles. The molecule has 0 amide bonds. The first-order valence-electron chi connectivity index (χ1n) is 6.66. The lowest BCUT2D eigenvalue weighted by atomic mass is 9.84. The molecule has 2 rings (SSSR count). The lowest BCUT2D eigenvalue weighted by Crippen LogP contribution is -2.41. The fourth-order valence-corrected chi connectivity index (χ4v) is 2.67. The van der Waals surface area contributed by atoms with Gasteiger partial charge in [0.05, 0.1) is 17.6 Å². The minimum Gasteiger partial charge on any atom is -0.481 e. The quantitative estimate of drug-likeness (QED) is 0.869. The summed E-state index contributed by atoms with van der Waals surface area (Å²) in [6.45, 7) is 0.615. The van der Waals surface area contributed by atoms with Crippen LogP contribution in [0.4, 0.5) is 0 Å². The highest BCUT2D eigenvalue weighted by Crippen LogP contribution is 2.25. The lowest BCUT2D eigenvalue weighted by Gasteiger charge is -2.29. The van der Waals surface area contributed by atoms with Crippen LogP contribution in [0.15, 0.2) is 24.3 Å². The molecule has 0 radical (unpaired) electrons. The van der Waals surface area contributed by atoms with E-state index in [0.29, 0.717) is 12.1 Å². The number of carboxylic acids is 1. The molecule has 19 heavy (non-hydrogen) atoms. The van der Waals surface area contributed by atoms with Crippen LogP contribution in [0, 0.1) is 17.2 Å². The summed E-state index contributed by atoms with van der Waals surface area (Å²) in [6, 6.07) is 9.56. The van der Waals surface area contributed by atoms with Gasteiger partial charge in [0.1, 0.15) is 0 Å². The minimum absolute atomic E-state index is 0.0389. The van der Waals surface area contributed by atoms with E-state index in [2.05, 4.69) is 11.4 Å². The van der Waals surface area contributed by atoms with E-state index in [1.165, 1.54) is 0 Å². The van der Waals surface area contributed by atoms with Crippen LogP contribution in [0.25, 0.3) is 0 Å². The van der Waals surface area contributed by atoms with Gasteiger partial charge in [0.2, 0.25) is 0 Å². The molecular formula is C15H18N2O2. The van der Waals surface area contributed by atoms with Gasteiger partial charge in [-0.05, 0) is 30.5 Å². The van der Waals surface area contributed by atoms with Gasteiger partial charge in [0, 0.05) is 12.6 Å². The second kappa shape index (κ2) is 6.35. The van der Waals surface area contributed by atoms with E-state index in [9.17, 15) is 9.90 Å². The highest BCUT2D eigenvalue weighted by Gasteiger charge is 2.30. The zero-order valence-corrected chi connectivity index (χ0v) is 10.8. The van der Waals surface area contributed by atoms with Crippen molar-refractivity contribution in [3.63, 3.8) is 0 Å². The third-order valence-electron chi connectivity index (χ3n) is 3.71. The van der Waals surface area contributed by atoms with Gasteiger partial charge in [-0.2, -0.15) is 5.26 Å². The third-order valence-corrected chi connectivity index (χ3v) is 3.71. The average Bonchev–Trinajstić information content (AvgIpc) is 2.45. The third kappa shape index (κ3) is 3.55. The summed E-state index contributed by atoms with van der Waals surface area (Å²) in [7, 11) is 0. The van der Waals surface area contributed by atoms with Crippen LogP contribution in [0.5, 0.6) is 0 Å². The predicted molar refractivity (Wildman–Crippen MR) is 71.4 cm³/mol. The molecule has 0 spiro atoms. The standard InChI is InChI=1S/C15H18N2O2/c16-9-11-4-3-5-12(8-11)10-17-14-7-2-1-6-13(14)15(18)19/h3-5,8,13-14,17H,1-2,6-7,10H2,(H,18,19)/t13-,14-/m0/s1. The van der Waals surface area contributed by atoms with Crippen LogP contribution in [0.1, 0.15) is 36.8 Å². The Morgan fingerprint density at radius 3 is 2.95 bits per heavy atom. The predicted octanol–water partition coefficient (Wildman–Crippen LogP) is 2.29. The molecule has 1 aromatic rings. The Hall–Kier alpha value is -1.86. The summed E-state index contributed by atoms with van der Waals surface area (Å²) in [5, 5.41) is 21.4. The summed E-state index contributed by atoms with van der Waals surface area (Å²) < 4.78 is 0. The van der Waals surface area contributed by atoms with Gasteiger partial charge in [0.25, 0.3) is 0 Å². The first kappa shape index (κ1) is 13.6.